The van der Waals surface area contributed by atoms with Crippen LogP contribution in [0, 0.1) is 0 Å². The van der Waals surface area contributed by atoms with Gasteiger partial charge in [0.1, 0.15) is 5.75 Å². The summed E-state index contributed by atoms with van der Waals surface area (Å²) in [6.07, 6.45) is 0. The molecule has 1 fully saturated rings. The third kappa shape index (κ3) is 3.70. The first-order valence-corrected chi connectivity index (χ1v) is 6.30. The molecule has 4 nitrogen and oxygen atoms in total. The van der Waals surface area contributed by atoms with Crippen LogP contribution in [0.4, 0.5) is 0 Å². The fourth-order valence-electron chi connectivity index (χ4n) is 1.90. The molecule has 98 valence electrons. The van der Waals surface area contributed by atoms with E-state index in [0.29, 0.717) is 10.8 Å². The summed E-state index contributed by atoms with van der Waals surface area (Å²) >= 11 is 6.07. The number of morpholine rings is 1. The Kier molecular flexibility index (Phi) is 4.58. The van der Waals surface area contributed by atoms with E-state index in [-0.39, 0.29) is 5.97 Å². The van der Waals surface area contributed by atoms with Gasteiger partial charge in [0.05, 0.1) is 18.2 Å². The predicted octanol–water partition coefficient (Wildman–Crippen LogP) is 2.10. The summed E-state index contributed by atoms with van der Waals surface area (Å²) in [6.45, 7) is 5.62. The van der Waals surface area contributed by atoms with E-state index in [9.17, 15) is 4.79 Å². The standard InChI is InChI=1S/C13H16ClNO3/c1-10(16)18-13-3-2-11(8-12(13)14)9-15-4-6-17-7-5-15/h2-3,8H,4-7,9H2,1H3. The van der Waals surface area contributed by atoms with Gasteiger partial charge in [-0.15, -0.1) is 0 Å². The Balaban J connectivity index is 2.01. The maximum atomic E-state index is 10.9. The third-order valence-electron chi connectivity index (χ3n) is 2.76. The molecule has 0 saturated carbocycles. The van der Waals surface area contributed by atoms with Gasteiger partial charge in [-0.1, -0.05) is 17.7 Å². The van der Waals surface area contributed by atoms with E-state index in [1.165, 1.54) is 6.92 Å². The van der Waals surface area contributed by atoms with Crippen molar-refractivity contribution in [2.24, 2.45) is 0 Å². The lowest BCUT2D eigenvalue weighted by Gasteiger charge is -2.26. The lowest BCUT2D eigenvalue weighted by molar-refractivity contribution is -0.131. The SMILES string of the molecule is CC(=O)Oc1ccc(CN2CCOCC2)cc1Cl. The van der Waals surface area contributed by atoms with Gasteiger partial charge < -0.3 is 9.47 Å². The fourth-order valence-corrected chi connectivity index (χ4v) is 2.14. The highest BCUT2D eigenvalue weighted by Crippen LogP contribution is 2.26. The number of hydrogen-bond donors (Lipinski definition) is 0. The summed E-state index contributed by atoms with van der Waals surface area (Å²) in [5.41, 5.74) is 1.11. The molecule has 0 spiro atoms. The van der Waals surface area contributed by atoms with E-state index >= 15 is 0 Å². The zero-order valence-electron chi connectivity index (χ0n) is 10.3. The van der Waals surface area contributed by atoms with E-state index in [1.54, 1.807) is 6.07 Å². The molecule has 18 heavy (non-hydrogen) atoms. The molecule has 0 bridgehead atoms. The second kappa shape index (κ2) is 6.18. The molecular weight excluding hydrogens is 254 g/mol. The Morgan fingerprint density at radius 3 is 2.78 bits per heavy atom. The van der Waals surface area contributed by atoms with Crippen molar-refractivity contribution in [1.29, 1.82) is 0 Å². The van der Waals surface area contributed by atoms with Crippen LogP contribution < -0.4 is 4.74 Å². The molecule has 2 rings (SSSR count). The molecule has 0 unspecified atom stereocenters. The van der Waals surface area contributed by atoms with Crippen LogP contribution in [0.3, 0.4) is 0 Å². The summed E-state index contributed by atoms with van der Waals surface area (Å²) in [5, 5.41) is 0.468. The number of esters is 1. The molecule has 0 atom stereocenters. The number of rotatable bonds is 3. The van der Waals surface area contributed by atoms with Crippen molar-refractivity contribution < 1.29 is 14.3 Å². The number of halogens is 1. The molecule has 1 aromatic rings. The Bertz CT molecular complexity index is 430. The third-order valence-corrected chi connectivity index (χ3v) is 3.06. The second-order valence-corrected chi connectivity index (χ2v) is 4.65. The van der Waals surface area contributed by atoms with Gasteiger partial charge in [0, 0.05) is 26.6 Å². The lowest BCUT2D eigenvalue weighted by atomic mass is 10.2. The molecule has 0 aromatic heterocycles. The Labute approximate surface area is 111 Å². The maximum absolute atomic E-state index is 10.9. The Morgan fingerprint density at radius 2 is 2.17 bits per heavy atom. The zero-order valence-corrected chi connectivity index (χ0v) is 11.1. The summed E-state index contributed by atoms with van der Waals surface area (Å²) in [4.78, 5) is 13.2. The van der Waals surface area contributed by atoms with Crippen molar-refractivity contribution in [2.75, 3.05) is 26.3 Å². The van der Waals surface area contributed by atoms with Gasteiger partial charge in [0.15, 0.2) is 0 Å². The van der Waals surface area contributed by atoms with Crippen LogP contribution in [-0.2, 0) is 16.1 Å². The second-order valence-electron chi connectivity index (χ2n) is 4.25. The van der Waals surface area contributed by atoms with E-state index in [0.717, 1.165) is 38.4 Å². The van der Waals surface area contributed by atoms with Crippen LogP contribution in [0.25, 0.3) is 0 Å². The Hall–Kier alpha value is -1.10. The molecule has 0 N–H and O–H groups in total. The summed E-state index contributed by atoms with van der Waals surface area (Å²) < 4.78 is 10.3. The molecule has 5 heteroatoms. The monoisotopic (exact) mass is 269 g/mol. The van der Waals surface area contributed by atoms with Gasteiger partial charge in [0.25, 0.3) is 0 Å². The molecule has 0 aliphatic carbocycles. The fraction of sp³-hybridized carbons (Fsp3) is 0.462. The molecule has 1 saturated heterocycles. The van der Waals surface area contributed by atoms with Gasteiger partial charge in [-0.2, -0.15) is 0 Å². The maximum Gasteiger partial charge on any atom is 0.308 e. The number of ether oxygens (including phenoxy) is 2. The van der Waals surface area contributed by atoms with Crippen molar-refractivity contribution in [3.05, 3.63) is 28.8 Å². The minimum Gasteiger partial charge on any atom is -0.425 e. The van der Waals surface area contributed by atoms with Crippen LogP contribution in [0.2, 0.25) is 5.02 Å². The van der Waals surface area contributed by atoms with Crippen molar-refractivity contribution in [3.63, 3.8) is 0 Å². The zero-order chi connectivity index (χ0) is 13.0. The lowest BCUT2D eigenvalue weighted by Crippen LogP contribution is -2.35. The number of carbonyl (C=O) groups is 1. The molecule has 1 aliphatic rings. The van der Waals surface area contributed by atoms with E-state index in [2.05, 4.69) is 4.90 Å². The molecular formula is C13H16ClNO3. The number of carbonyl (C=O) groups excluding carboxylic acids is 1. The number of nitrogens with zero attached hydrogens (tertiary/aromatic N) is 1. The molecule has 1 aliphatic heterocycles. The molecule has 0 radical (unpaired) electrons. The van der Waals surface area contributed by atoms with Crippen LogP contribution in [0.15, 0.2) is 18.2 Å². The van der Waals surface area contributed by atoms with Crippen LogP contribution in [0.1, 0.15) is 12.5 Å². The summed E-state index contributed by atoms with van der Waals surface area (Å²) in [5.74, 6) is 0.0488. The predicted molar refractivity (Wildman–Crippen MR) is 68.9 cm³/mol. The van der Waals surface area contributed by atoms with Crippen molar-refractivity contribution in [1.82, 2.24) is 4.90 Å². The first kappa shape index (κ1) is 13.3. The van der Waals surface area contributed by atoms with Crippen molar-refractivity contribution in [3.8, 4) is 5.75 Å². The highest BCUT2D eigenvalue weighted by Gasteiger charge is 2.12. The first-order chi connectivity index (χ1) is 8.65. The van der Waals surface area contributed by atoms with E-state index < -0.39 is 0 Å². The highest BCUT2D eigenvalue weighted by molar-refractivity contribution is 6.32. The van der Waals surface area contributed by atoms with Gasteiger partial charge in [-0.3, -0.25) is 9.69 Å². The molecule has 1 aromatic carbocycles. The smallest absolute Gasteiger partial charge is 0.308 e. The first-order valence-electron chi connectivity index (χ1n) is 5.92. The number of hydrogen-bond acceptors (Lipinski definition) is 4. The van der Waals surface area contributed by atoms with Crippen molar-refractivity contribution in [2.45, 2.75) is 13.5 Å². The van der Waals surface area contributed by atoms with Gasteiger partial charge in [0.2, 0.25) is 0 Å². The highest BCUT2D eigenvalue weighted by atomic mass is 35.5. The minimum absolute atomic E-state index is 0.363. The van der Waals surface area contributed by atoms with Crippen LogP contribution >= 0.6 is 11.6 Å². The molecule has 0 amide bonds. The van der Waals surface area contributed by atoms with Gasteiger partial charge in [-0.25, -0.2) is 0 Å². The van der Waals surface area contributed by atoms with E-state index in [1.807, 2.05) is 12.1 Å². The number of benzene rings is 1. The van der Waals surface area contributed by atoms with Gasteiger partial charge >= 0.3 is 5.97 Å². The topological polar surface area (TPSA) is 38.8 Å². The average molecular weight is 270 g/mol. The van der Waals surface area contributed by atoms with E-state index in [4.69, 9.17) is 21.1 Å². The quantitative estimate of drug-likeness (QED) is 0.622. The van der Waals surface area contributed by atoms with Crippen LogP contribution in [0.5, 0.6) is 5.75 Å². The summed E-state index contributed by atoms with van der Waals surface area (Å²) in [6, 6.07) is 5.51. The molecule has 1 heterocycles. The van der Waals surface area contributed by atoms with Crippen molar-refractivity contribution >= 4 is 17.6 Å². The normalized spacial score (nSPS) is 16.6. The average Bonchev–Trinajstić information content (AvgIpc) is 2.33. The minimum atomic E-state index is -0.363. The van der Waals surface area contributed by atoms with Gasteiger partial charge in [-0.05, 0) is 17.7 Å². The van der Waals surface area contributed by atoms with Crippen LogP contribution in [-0.4, -0.2) is 37.2 Å². The largest absolute Gasteiger partial charge is 0.425 e. The summed E-state index contributed by atoms with van der Waals surface area (Å²) in [7, 11) is 0. The Morgan fingerprint density at radius 1 is 1.44 bits per heavy atom.